The van der Waals surface area contributed by atoms with Crippen LogP contribution in [0.15, 0.2) is 72.5 Å². The quantitative estimate of drug-likeness (QED) is 0.268. The molecule has 4 nitrogen and oxygen atoms in total. The Labute approximate surface area is 154 Å². The molecule has 4 heteroatoms. The van der Waals surface area contributed by atoms with Crippen LogP contribution >= 0.6 is 0 Å². The lowest BCUT2D eigenvalue weighted by molar-refractivity contribution is -0.129. The summed E-state index contributed by atoms with van der Waals surface area (Å²) in [4.78, 5) is 12.0. The van der Waals surface area contributed by atoms with Crippen LogP contribution in [0.25, 0.3) is 5.70 Å². The van der Waals surface area contributed by atoms with E-state index in [9.17, 15) is 9.90 Å². The molecular weight excluding hydrogens is 326 g/mol. The number of aliphatic hydroxyl groups is 1. The van der Waals surface area contributed by atoms with Crippen LogP contribution < -0.4 is 10.1 Å². The highest BCUT2D eigenvalue weighted by molar-refractivity contribution is 5.85. The fourth-order valence-corrected chi connectivity index (χ4v) is 2.27. The third-order valence-electron chi connectivity index (χ3n) is 3.39. The third kappa shape index (κ3) is 6.48. The Kier molecular flexibility index (Phi) is 6.23. The lowest BCUT2D eigenvalue weighted by Gasteiger charge is -2.24. The van der Waals surface area contributed by atoms with Crippen molar-refractivity contribution < 1.29 is 14.6 Å². The van der Waals surface area contributed by atoms with E-state index >= 15 is 0 Å². The second-order valence-electron chi connectivity index (χ2n) is 7.10. The molecule has 0 aromatic heterocycles. The van der Waals surface area contributed by atoms with Crippen LogP contribution in [0.3, 0.4) is 0 Å². The van der Waals surface area contributed by atoms with E-state index in [0.717, 1.165) is 22.9 Å². The highest BCUT2D eigenvalue weighted by Crippen LogP contribution is 2.18. The minimum absolute atomic E-state index is 0.182. The van der Waals surface area contributed by atoms with Gasteiger partial charge in [0.15, 0.2) is 0 Å². The van der Waals surface area contributed by atoms with Gasteiger partial charge in [-0.2, -0.15) is 0 Å². The first-order valence-corrected chi connectivity index (χ1v) is 8.47. The second kappa shape index (κ2) is 8.39. The SMILES string of the molecule is Cc1ccc(/C(=C/C(O)=C/C(=O)Oc2ccccc2)NC(C)(C)C)cc1. The van der Waals surface area contributed by atoms with Crippen LogP contribution in [0.2, 0.25) is 0 Å². The number of ether oxygens (including phenoxy) is 1. The molecule has 2 rings (SSSR count). The van der Waals surface area contributed by atoms with E-state index < -0.39 is 5.97 Å². The Bertz CT molecular complexity index is 798. The van der Waals surface area contributed by atoms with Gasteiger partial charge in [-0.25, -0.2) is 4.79 Å². The zero-order valence-corrected chi connectivity index (χ0v) is 15.6. The average molecular weight is 351 g/mol. The molecule has 0 spiro atoms. The van der Waals surface area contributed by atoms with Crippen molar-refractivity contribution >= 4 is 11.7 Å². The van der Waals surface area contributed by atoms with Crippen molar-refractivity contribution in [2.45, 2.75) is 33.2 Å². The average Bonchev–Trinajstić information content (AvgIpc) is 2.54. The van der Waals surface area contributed by atoms with Gasteiger partial charge in [-0.3, -0.25) is 0 Å². The standard InChI is InChI=1S/C22H25NO3/c1-16-10-12-17(13-11-16)20(23-22(2,3)4)14-18(24)15-21(25)26-19-8-6-5-7-9-19/h5-15,23-24H,1-4H3/b18-15-,20-14-. The molecule has 2 aromatic carbocycles. The monoisotopic (exact) mass is 351 g/mol. The molecule has 0 aliphatic heterocycles. The molecular formula is C22H25NO3. The molecule has 0 fully saturated rings. The molecule has 2 N–H and O–H groups in total. The van der Waals surface area contributed by atoms with Gasteiger partial charge >= 0.3 is 5.97 Å². The maximum Gasteiger partial charge on any atom is 0.339 e. The van der Waals surface area contributed by atoms with Crippen molar-refractivity contribution in [3.8, 4) is 5.75 Å². The summed E-state index contributed by atoms with van der Waals surface area (Å²) in [6.07, 6.45) is 2.59. The first-order valence-electron chi connectivity index (χ1n) is 8.47. The Morgan fingerprint density at radius 1 is 1.00 bits per heavy atom. The molecule has 0 amide bonds. The van der Waals surface area contributed by atoms with E-state index in [1.54, 1.807) is 24.3 Å². The Morgan fingerprint density at radius 3 is 2.19 bits per heavy atom. The van der Waals surface area contributed by atoms with Crippen LogP contribution in [0, 0.1) is 6.92 Å². The summed E-state index contributed by atoms with van der Waals surface area (Å²) < 4.78 is 5.16. The van der Waals surface area contributed by atoms with Crippen LogP contribution in [-0.2, 0) is 4.79 Å². The van der Waals surface area contributed by atoms with Crippen LogP contribution in [-0.4, -0.2) is 16.6 Å². The molecule has 0 aliphatic carbocycles. The number of hydrogen-bond acceptors (Lipinski definition) is 4. The van der Waals surface area contributed by atoms with E-state index in [-0.39, 0.29) is 11.3 Å². The van der Waals surface area contributed by atoms with Gasteiger partial charge in [-0.1, -0.05) is 48.0 Å². The Hall–Kier alpha value is -3.01. The van der Waals surface area contributed by atoms with E-state index in [1.807, 2.05) is 58.0 Å². The summed E-state index contributed by atoms with van der Waals surface area (Å²) in [6.45, 7) is 8.10. The summed E-state index contributed by atoms with van der Waals surface area (Å²) in [5.74, 6) is -0.390. The highest BCUT2D eigenvalue weighted by atomic mass is 16.5. The summed E-state index contributed by atoms with van der Waals surface area (Å²) in [5.41, 5.74) is 2.58. The smallest absolute Gasteiger partial charge is 0.339 e. The number of allylic oxidation sites excluding steroid dienone is 1. The molecule has 0 saturated carbocycles. The van der Waals surface area contributed by atoms with Crippen molar-refractivity contribution in [3.63, 3.8) is 0 Å². The summed E-state index contributed by atoms with van der Waals surface area (Å²) >= 11 is 0. The minimum Gasteiger partial charge on any atom is -0.508 e. The van der Waals surface area contributed by atoms with E-state index in [0.29, 0.717) is 5.75 Å². The fourth-order valence-electron chi connectivity index (χ4n) is 2.27. The van der Waals surface area contributed by atoms with Gasteiger partial charge in [0, 0.05) is 17.3 Å². The molecule has 0 radical (unpaired) electrons. The molecule has 26 heavy (non-hydrogen) atoms. The molecule has 0 aliphatic rings. The lowest BCUT2D eigenvalue weighted by Crippen LogP contribution is -2.34. The van der Waals surface area contributed by atoms with Gasteiger partial charge in [0.05, 0.1) is 6.08 Å². The number of aryl methyl sites for hydroxylation is 1. The van der Waals surface area contributed by atoms with Crippen LogP contribution in [0.4, 0.5) is 0 Å². The van der Waals surface area contributed by atoms with Crippen molar-refractivity contribution in [2.75, 3.05) is 0 Å². The van der Waals surface area contributed by atoms with Crippen LogP contribution in [0.1, 0.15) is 31.9 Å². The molecule has 0 bridgehead atoms. The third-order valence-corrected chi connectivity index (χ3v) is 3.39. The molecule has 0 unspecified atom stereocenters. The van der Waals surface area contributed by atoms with Gasteiger partial charge in [0.1, 0.15) is 11.5 Å². The number of rotatable bonds is 5. The zero-order chi connectivity index (χ0) is 19.2. The number of hydrogen-bond donors (Lipinski definition) is 2. The topological polar surface area (TPSA) is 58.6 Å². The minimum atomic E-state index is -0.635. The molecule has 0 heterocycles. The first-order chi connectivity index (χ1) is 12.2. The van der Waals surface area contributed by atoms with Gasteiger partial charge in [0.2, 0.25) is 0 Å². The zero-order valence-electron chi connectivity index (χ0n) is 15.6. The van der Waals surface area contributed by atoms with Gasteiger partial charge in [-0.05, 0) is 45.4 Å². The van der Waals surface area contributed by atoms with E-state index in [4.69, 9.17) is 4.74 Å². The van der Waals surface area contributed by atoms with Crippen molar-refractivity contribution in [1.29, 1.82) is 0 Å². The summed E-state index contributed by atoms with van der Waals surface area (Å²) in [6, 6.07) is 16.7. The van der Waals surface area contributed by atoms with Crippen molar-refractivity contribution in [3.05, 3.63) is 83.6 Å². The molecule has 0 atom stereocenters. The number of para-hydroxylation sites is 1. The van der Waals surface area contributed by atoms with E-state index in [1.165, 1.54) is 6.08 Å². The largest absolute Gasteiger partial charge is 0.508 e. The van der Waals surface area contributed by atoms with Crippen molar-refractivity contribution in [1.82, 2.24) is 5.32 Å². The Morgan fingerprint density at radius 2 is 1.62 bits per heavy atom. The van der Waals surface area contributed by atoms with Crippen molar-refractivity contribution in [2.24, 2.45) is 0 Å². The normalized spacial score (nSPS) is 12.6. The highest BCUT2D eigenvalue weighted by Gasteiger charge is 2.13. The van der Waals surface area contributed by atoms with Gasteiger partial charge in [-0.15, -0.1) is 0 Å². The molecule has 136 valence electrons. The lowest BCUT2D eigenvalue weighted by atomic mass is 10.0. The predicted molar refractivity (Wildman–Crippen MR) is 105 cm³/mol. The van der Waals surface area contributed by atoms with Gasteiger partial charge < -0.3 is 15.2 Å². The maximum atomic E-state index is 12.0. The number of carbonyl (C=O) groups excluding carboxylic acids is 1. The Balaban J connectivity index is 2.23. The molecule has 2 aromatic rings. The number of esters is 1. The van der Waals surface area contributed by atoms with Crippen LogP contribution in [0.5, 0.6) is 5.75 Å². The molecule has 0 saturated heterocycles. The first kappa shape index (κ1) is 19.3. The fraction of sp³-hybridized carbons (Fsp3) is 0.227. The second-order valence-corrected chi connectivity index (χ2v) is 7.10. The predicted octanol–water partition coefficient (Wildman–Crippen LogP) is 4.77. The number of nitrogens with one attached hydrogen (secondary N) is 1. The van der Waals surface area contributed by atoms with E-state index in [2.05, 4.69) is 5.32 Å². The number of benzene rings is 2. The number of aliphatic hydroxyl groups excluding tert-OH is 1. The maximum absolute atomic E-state index is 12.0. The number of carbonyl (C=O) groups is 1. The summed E-state index contributed by atoms with van der Waals surface area (Å²) in [7, 11) is 0. The summed E-state index contributed by atoms with van der Waals surface area (Å²) in [5, 5.41) is 13.6. The van der Waals surface area contributed by atoms with Gasteiger partial charge in [0.25, 0.3) is 0 Å².